The van der Waals surface area contributed by atoms with Crippen LogP contribution in [0.4, 0.5) is 4.79 Å². The third kappa shape index (κ3) is 4.98. The lowest BCUT2D eigenvalue weighted by atomic mass is 10.1. The number of ketones is 1. The van der Waals surface area contributed by atoms with Gasteiger partial charge >= 0.3 is 6.09 Å². The summed E-state index contributed by atoms with van der Waals surface area (Å²) in [6.45, 7) is 0.406. The average molecular weight is 325 g/mol. The number of aromatic hydroxyl groups is 1. The number of hydrogen-bond acceptors (Lipinski definition) is 3. The summed E-state index contributed by atoms with van der Waals surface area (Å²) in [5.41, 5.74) is 2.37. The zero-order valence-corrected chi connectivity index (χ0v) is 13.3. The molecule has 1 amide bonds. The van der Waals surface area contributed by atoms with E-state index < -0.39 is 6.09 Å². The van der Waals surface area contributed by atoms with Crippen LogP contribution in [0.3, 0.4) is 0 Å². The van der Waals surface area contributed by atoms with Gasteiger partial charge in [-0.25, -0.2) is 4.79 Å². The van der Waals surface area contributed by atoms with Crippen molar-refractivity contribution < 1.29 is 19.8 Å². The molecule has 2 N–H and O–H groups in total. The highest BCUT2D eigenvalue weighted by Crippen LogP contribution is 2.12. The van der Waals surface area contributed by atoms with E-state index in [4.69, 9.17) is 5.11 Å². The molecule has 0 aliphatic carbocycles. The molecule has 0 aromatic heterocycles. The molecule has 0 heterocycles. The minimum absolute atomic E-state index is 0.114. The third-order valence-electron chi connectivity index (χ3n) is 3.62. The standard InChI is InChI=1S/C19H19NO4/c1-20(19(23)24)13-12-15-2-7-16(8-3-15)18(22)11-6-14-4-9-17(21)10-5-14/h2-11,21H,12-13H2,1H3,(H,23,24)/b11-6+. The maximum atomic E-state index is 12.1. The van der Waals surface area contributed by atoms with Gasteiger partial charge in [-0.3, -0.25) is 4.79 Å². The lowest BCUT2D eigenvalue weighted by Crippen LogP contribution is -2.26. The van der Waals surface area contributed by atoms with Crippen LogP contribution in [0, 0.1) is 0 Å². The largest absolute Gasteiger partial charge is 0.508 e. The summed E-state index contributed by atoms with van der Waals surface area (Å²) in [4.78, 5) is 24.1. The molecule has 0 spiro atoms. The smallest absolute Gasteiger partial charge is 0.407 e. The highest BCUT2D eigenvalue weighted by molar-refractivity contribution is 6.06. The Hall–Kier alpha value is -3.08. The Morgan fingerprint density at radius 2 is 1.67 bits per heavy atom. The molecule has 0 saturated heterocycles. The number of carbonyl (C=O) groups is 2. The maximum Gasteiger partial charge on any atom is 0.407 e. The number of likely N-dealkylation sites (N-methyl/N-ethyl adjacent to an activating group) is 1. The number of rotatable bonds is 6. The van der Waals surface area contributed by atoms with Gasteiger partial charge in [-0.1, -0.05) is 42.5 Å². The van der Waals surface area contributed by atoms with Gasteiger partial charge in [-0.15, -0.1) is 0 Å². The number of amides is 1. The number of carbonyl (C=O) groups excluding carboxylic acids is 1. The van der Waals surface area contributed by atoms with E-state index in [0.717, 1.165) is 11.1 Å². The molecule has 0 bridgehead atoms. The number of carboxylic acid groups (broad SMARTS) is 1. The predicted molar refractivity (Wildman–Crippen MR) is 92.3 cm³/mol. The van der Waals surface area contributed by atoms with E-state index in [0.29, 0.717) is 18.5 Å². The number of phenols is 1. The molecule has 0 radical (unpaired) electrons. The van der Waals surface area contributed by atoms with E-state index in [1.807, 2.05) is 12.1 Å². The molecule has 5 nitrogen and oxygen atoms in total. The minimum Gasteiger partial charge on any atom is -0.508 e. The first-order valence-electron chi connectivity index (χ1n) is 7.50. The van der Waals surface area contributed by atoms with E-state index in [1.165, 1.54) is 18.0 Å². The predicted octanol–water partition coefficient (Wildman–Crippen LogP) is 3.44. The topological polar surface area (TPSA) is 77.8 Å². The van der Waals surface area contributed by atoms with Crippen LogP contribution in [-0.2, 0) is 6.42 Å². The number of hydrogen-bond donors (Lipinski definition) is 2. The van der Waals surface area contributed by atoms with Crippen LogP contribution in [-0.4, -0.2) is 40.6 Å². The zero-order chi connectivity index (χ0) is 17.5. The quantitative estimate of drug-likeness (QED) is 0.630. The molecule has 0 fully saturated rings. The Bertz CT molecular complexity index is 733. The van der Waals surface area contributed by atoms with Crippen molar-refractivity contribution in [2.75, 3.05) is 13.6 Å². The molecule has 0 aliphatic rings. The Labute approximate surface area is 140 Å². The molecule has 2 rings (SSSR count). The molecule has 0 aliphatic heterocycles. The Morgan fingerprint density at radius 3 is 2.25 bits per heavy atom. The highest BCUT2D eigenvalue weighted by Gasteiger charge is 2.06. The summed E-state index contributed by atoms with van der Waals surface area (Å²) < 4.78 is 0. The Kier molecular flexibility index (Phi) is 5.73. The first kappa shape index (κ1) is 17.3. The number of benzene rings is 2. The zero-order valence-electron chi connectivity index (χ0n) is 13.3. The highest BCUT2D eigenvalue weighted by atomic mass is 16.4. The lowest BCUT2D eigenvalue weighted by Gasteiger charge is -2.12. The molecule has 0 saturated carbocycles. The van der Waals surface area contributed by atoms with Gasteiger partial charge in [0.25, 0.3) is 0 Å². The van der Waals surface area contributed by atoms with Gasteiger partial charge in [-0.05, 0) is 35.8 Å². The van der Waals surface area contributed by atoms with E-state index in [1.54, 1.807) is 42.5 Å². The first-order chi connectivity index (χ1) is 11.5. The van der Waals surface area contributed by atoms with Gasteiger partial charge in [0.1, 0.15) is 5.75 Å². The Morgan fingerprint density at radius 1 is 1.04 bits per heavy atom. The van der Waals surface area contributed by atoms with Crippen LogP contribution in [0.1, 0.15) is 21.5 Å². The fraction of sp³-hybridized carbons (Fsp3) is 0.158. The van der Waals surface area contributed by atoms with Gasteiger partial charge in [0.2, 0.25) is 0 Å². The van der Waals surface area contributed by atoms with Crippen molar-refractivity contribution in [1.82, 2.24) is 4.90 Å². The van der Waals surface area contributed by atoms with Crippen molar-refractivity contribution in [3.05, 3.63) is 71.3 Å². The first-order valence-corrected chi connectivity index (χ1v) is 7.50. The summed E-state index contributed by atoms with van der Waals surface area (Å²) in [5, 5.41) is 18.0. The van der Waals surface area contributed by atoms with Crippen molar-refractivity contribution >= 4 is 18.0 Å². The summed E-state index contributed by atoms with van der Waals surface area (Å²) in [5.74, 6) is 0.0693. The fourth-order valence-electron chi connectivity index (χ4n) is 2.08. The normalized spacial score (nSPS) is 10.7. The van der Waals surface area contributed by atoms with Crippen molar-refractivity contribution in [2.45, 2.75) is 6.42 Å². The van der Waals surface area contributed by atoms with Crippen molar-refractivity contribution in [2.24, 2.45) is 0 Å². The number of phenolic OH excluding ortho intramolecular Hbond substituents is 1. The van der Waals surface area contributed by atoms with Crippen molar-refractivity contribution in [3.8, 4) is 5.75 Å². The fourth-order valence-corrected chi connectivity index (χ4v) is 2.08. The molecule has 124 valence electrons. The molecular formula is C19H19NO4. The lowest BCUT2D eigenvalue weighted by molar-refractivity contribution is 0.104. The van der Waals surface area contributed by atoms with Gasteiger partial charge in [0, 0.05) is 19.2 Å². The van der Waals surface area contributed by atoms with Crippen LogP contribution in [0.2, 0.25) is 0 Å². The summed E-state index contributed by atoms with van der Waals surface area (Å²) in [6.07, 6.45) is 2.82. The summed E-state index contributed by atoms with van der Waals surface area (Å²) in [7, 11) is 1.52. The second-order valence-electron chi connectivity index (χ2n) is 5.44. The molecule has 2 aromatic rings. The summed E-state index contributed by atoms with van der Waals surface area (Å²) >= 11 is 0. The van der Waals surface area contributed by atoms with Crippen molar-refractivity contribution in [1.29, 1.82) is 0 Å². The molecular weight excluding hydrogens is 306 g/mol. The second kappa shape index (κ2) is 7.97. The van der Waals surface area contributed by atoms with Gasteiger partial charge in [-0.2, -0.15) is 0 Å². The van der Waals surface area contributed by atoms with Crippen LogP contribution in [0.25, 0.3) is 6.08 Å². The SMILES string of the molecule is CN(CCc1ccc(C(=O)/C=C/c2ccc(O)cc2)cc1)C(=O)O. The van der Waals surface area contributed by atoms with E-state index in [2.05, 4.69) is 0 Å². The third-order valence-corrected chi connectivity index (χ3v) is 3.62. The number of nitrogens with zero attached hydrogens (tertiary/aromatic N) is 1. The maximum absolute atomic E-state index is 12.1. The van der Waals surface area contributed by atoms with Crippen LogP contribution in [0.15, 0.2) is 54.6 Å². The van der Waals surface area contributed by atoms with Gasteiger partial charge in [0.15, 0.2) is 5.78 Å². The van der Waals surface area contributed by atoms with E-state index in [9.17, 15) is 14.7 Å². The van der Waals surface area contributed by atoms with Gasteiger partial charge < -0.3 is 15.1 Å². The summed E-state index contributed by atoms with van der Waals surface area (Å²) in [6, 6.07) is 13.7. The second-order valence-corrected chi connectivity index (χ2v) is 5.44. The monoisotopic (exact) mass is 325 g/mol. The van der Waals surface area contributed by atoms with Crippen LogP contribution >= 0.6 is 0 Å². The van der Waals surface area contributed by atoms with Crippen LogP contribution in [0.5, 0.6) is 5.75 Å². The number of allylic oxidation sites excluding steroid dienone is 1. The molecule has 0 unspecified atom stereocenters. The van der Waals surface area contributed by atoms with Gasteiger partial charge in [0.05, 0.1) is 0 Å². The molecule has 2 aromatic carbocycles. The average Bonchev–Trinajstić information content (AvgIpc) is 2.59. The van der Waals surface area contributed by atoms with Crippen LogP contribution < -0.4 is 0 Å². The Balaban J connectivity index is 1.95. The molecule has 5 heteroatoms. The van der Waals surface area contributed by atoms with Crippen molar-refractivity contribution in [3.63, 3.8) is 0 Å². The molecule has 24 heavy (non-hydrogen) atoms. The minimum atomic E-state index is -0.957. The van der Waals surface area contributed by atoms with E-state index in [-0.39, 0.29) is 11.5 Å². The van der Waals surface area contributed by atoms with E-state index >= 15 is 0 Å². The molecule has 0 atom stereocenters.